The van der Waals surface area contributed by atoms with Gasteiger partial charge in [0.25, 0.3) is 0 Å². The van der Waals surface area contributed by atoms with Gasteiger partial charge in [0.05, 0.1) is 0 Å². The van der Waals surface area contributed by atoms with Gasteiger partial charge in [-0.25, -0.2) is 0 Å². The molecule has 0 aliphatic heterocycles. The van der Waals surface area contributed by atoms with Crippen molar-refractivity contribution < 1.29 is 9.90 Å². The number of para-hydroxylation sites is 1. The van der Waals surface area contributed by atoms with E-state index in [1.54, 1.807) is 24.3 Å². The largest absolute Gasteiger partial charge is 0.508 e. The summed E-state index contributed by atoms with van der Waals surface area (Å²) in [5.74, 6) is 0.243. The van der Waals surface area contributed by atoms with Crippen LogP contribution in [0.5, 0.6) is 5.75 Å². The van der Waals surface area contributed by atoms with Crippen LogP contribution < -0.4 is 5.73 Å². The summed E-state index contributed by atoms with van der Waals surface area (Å²) >= 11 is 0. The van der Waals surface area contributed by atoms with E-state index in [9.17, 15) is 4.79 Å². The predicted octanol–water partition coefficient (Wildman–Crippen LogP) is 2.30. The lowest BCUT2D eigenvalue weighted by Crippen LogP contribution is -2.21. The predicted molar refractivity (Wildman–Crippen MR) is 61.4 cm³/mol. The molecule has 0 unspecified atom stereocenters. The van der Waals surface area contributed by atoms with Crippen LogP contribution in [-0.4, -0.2) is 11.0 Å². The topological polar surface area (TPSA) is 63.3 Å². The molecule has 0 saturated carbocycles. The first-order chi connectivity index (χ1) is 7.11. The van der Waals surface area contributed by atoms with Gasteiger partial charge in [0, 0.05) is 5.92 Å². The second kappa shape index (κ2) is 7.85. The Morgan fingerprint density at radius 1 is 1.27 bits per heavy atom. The summed E-state index contributed by atoms with van der Waals surface area (Å²) in [6.45, 7) is 3.94. The highest BCUT2D eigenvalue weighted by molar-refractivity contribution is 5.76. The van der Waals surface area contributed by atoms with Gasteiger partial charge in [-0.05, 0) is 25.0 Å². The van der Waals surface area contributed by atoms with E-state index in [0.717, 1.165) is 12.8 Å². The first-order valence-electron chi connectivity index (χ1n) is 5.15. The lowest BCUT2D eigenvalue weighted by atomic mass is 10.0. The van der Waals surface area contributed by atoms with E-state index in [4.69, 9.17) is 10.8 Å². The molecule has 0 aromatic heterocycles. The summed E-state index contributed by atoms with van der Waals surface area (Å²) in [5.41, 5.74) is 5.02. The summed E-state index contributed by atoms with van der Waals surface area (Å²) in [5, 5.41) is 8.63. The molecule has 0 aliphatic rings. The number of phenols is 1. The van der Waals surface area contributed by atoms with Crippen molar-refractivity contribution >= 4 is 5.91 Å². The zero-order valence-electron chi connectivity index (χ0n) is 9.31. The first kappa shape index (κ1) is 13.5. The minimum Gasteiger partial charge on any atom is -0.508 e. The van der Waals surface area contributed by atoms with Crippen LogP contribution in [0.25, 0.3) is 0 Å². The highest BCUT2D eigenvalue weighted by Crippen LogP contribution is 2.04. The van der Waals surface area contributed by atoms with Gasteiger partial charge in [-0.3, -0.25) is 4.79 Å². The van der Waals surface area contributed by atoms with E-state index in [-0.39, 0.29) is 11.8 Å². The minimum atomic E-state index is -0.171. The molecular weight excluding hydrogens is 190 g/mol. The Balaban J connectivity index is 0.000000262. The van der Waals surface area contributed by atoms with Gasteiger partial charge in [0.15, 0.2) is 0 Å². The van der Waals surface area contributed by atoms with Crippen molar-refractivity contribution in [2.45, 2.75) is 26.7 Å². The summed E-state index contributed by atoms with van der Waals surface area (Å²) in [6, 6.07) is 8.71. The molecule has 0 saturated heterocycles. The van der Waals surface area contributed by atoms with Crippen molar-refractivity contribution in [2.24, 2.45) is 11.7 Å². The number of hydrogen-bond donors (Lipinski definition) is 2. The molecule has 1 aromatic rings. The number of carbonyl (C=O) groups is 1. The molecule has 1 amide bonds. The summed E-state index contributed by atoms with van der Waals surface area (Å²) in [6.07, 6.45) is 1.73. The summed E-state index contributed by atoms with van der Waals surface area (Å²) in [4.78, 5) is 10.4. The Bertz CT molecular complexity index is 268. The molecule has 0 spiro atoms. The Morgan fingerprint density at radius 3 is 1.87 bits per heavy atom. The number of phenolic OH excluding ortho intramolecular Hbond substituents is 1. The molecule has 0 aliphatic carbocycles. The molecule has 0 radical (unpaired) electrons. The minimum absolute atomic E-state index is 0.0926. The van der Waals surface area contributed by atoms with Crippen molar-refractivity contribution in [1.29, 1.82) is 0 Å². The second-order valence-electron chi connectivity index (χ2n) is 3.25. The quantitative estimate of drug-likeness (QED) is 0.802. The normalized spacial score (nSPS) is 9.27. The van der Waals surface area contributed by atoms with Crippen molar-refractivity contribution in [3.8, 4) is 5.75 Å². The van der Waals surface area contributed by atoms with E-state index in [2.05, 4.69) is 0 Å². The molecule has 1 rings (SSSR count). The molecule has 0 bridgehead atoms. The smallest absolute Gasteiger partial charge is 0.220 e. The van der Waals surface area contributed by atoms with Crippen molar-refractivity contribution in [2.75, 3.05) is 0 Å². The van der Waals surface area contributed by atoms with Crippen LogP contribution in [-0.2, 0) is 4.79 Å². The fourth-order valence-corrected chi connectivity index (χ4v) is 1.12. The molecule has 0 fully saturated rings. The van der Waals surface area contributed by atoms with E-state index in [1.165, 1.54) is 0 Å². The lowest BCUT2D eigenvalue weighted by molar-refractivity contribution is -0.121. The molecule has 1 aromatic carbocycles. The van der Waals surface area contributed by atoms with Crippen LogP contribution in [0.4, 0.5) is 0 Å². The maximum Gasteiger partial charge on any atom is 0.220 e. The molecular formula is C12H19NO2. The van der Waals surface area contributed by atoms with E-state index in [0.29, 0.717) is 5.75 Å². The molecule has 0 atom stereocenters. The van der Waals surface area contributed by atoms with Crippen LogP contribution in [0, 0.1) is 5.92 Å². The van der Waals surface area contributed by atoms with Crippen LogP contribution >= 0.6 is 0 Å². The maximum absolute atomic E-state index is 10.4. The van der Waals surface area contributed by atoms with Crippen LogP contribution in [0.2, 0.25) is 0 Å². The number of primary amides is 1. The Hall–Kier alpha value is -1.51. The van der Waals surface area contributed by atoms with E-state index >= 15 is 0 Å². The van der Waals surface area contributed by atoms with Crippen molar-refractivity contribution in [3.63, 3.8) is 0 Å². The average Bonchev–Trinajstić information content (AvgIpc) is 2.21. The zero-order chi connectivity index (χ0) is 11.7. The Kier molecular flexibility index (Phi) is 7.06. The van der Waals surface area contributed by atoms with Gasteiger partial charge < -0.3 is 10.8 Å². The molecule has 3 N–H and O–H groups in total. The van der Waals surface area contributed by atoms with Gasteiger partial charge in [0.1, 0.15) is 5.75 Å². The summed E-state index contributed by atoms with van der Waals surface area (Å²) in [7, 11) is 0. The Labute approximate surface area is 90.9 Å². The lowest BCUT2D eigenvalue weighted by Gasteiger charge is -2.04. The van der Waals surface area contributed by atoms with Crippen LogP contribution in [0.15, 0.2) is 30.3 Å². The highest BCUT2D eigenvalue weighted by Gasteiger charge is 2.07. The van der Waals surface area contributed by atoms with Crippen LogP contribution in [0.1, 0.15) is 26.7 Å². The molecule has 84 valence electrons. The highest BCUT2D eigenvalue weighted by atomic mass is 16.3. The average molecular weight is 209 g/mol. The number of aromatic hydroxyl groups is 1. The molecule has 3 nitrogen and oxygen atoms in total. The number of carbonyl (C=O) groups excluding carboxylic acids is 1. The van der Waals surface area contributed by atoms with E-state index < -0.39 is 0 Å². The standard InChI is InChI=1S/C6H13NO.C6H6O/c1-3-5(4-2)6(7)8;7-6-4-2-1-3-5-6/h5H,3-4H2,1-2H3,(H2,7,8);1-5,7H. The number of rotatable bonds is 3. The van der Waals surface area contributed by atoms with Gasteiger partial charge in [0.2, 0.25) is 5.91 Å². The monoisotopic (exact) mass is 209 g/mol. The number of amides is 1. The number of nitrogens with two attached hydrogens (primary N) is 1. The van der Waals surface area contributed by atoms with Gasteiger partial charge in [-0.2, -0.15) is 0 Å². The fourth-order valence-electron chi connectivity index (χ4n) is 1.12. The van der Waals surface area contributed by atoms with Gasteiger partial charge in [-0.1, -0.05) is 32.0 Å². The van der Waals surface area contributed by atoms with Crippen LogP contribution in [0.3, 0.4) is 0 Å². The number of hydrogen-bond acceptors (Lipinski definition) is 2. The maximum atomic E-state index is 10.4. The second-order valence-corrected chi connectivity index (χ2v) is 3.25. The molecule has 0 heterocycles. The summed E-state index contributed by atoms with van der Waals surface area (Å²) < 4.78 is 0. The third-order valence-corrected chi connectivity index (χ3v) is 2.14. The SMILES string of the molecule is CCC(CC)C(N)=O.Oc1ccccc1. The third kappa shape index (κ3) is 6.55. The van der Waals surface area contributed by atoms with Crippen molar-refractivity contribution in [3.05, 3.63) is 30.3 Å². The van der Waals surface area contributed by atoms with Crippen molar-refractivity contribution in [1.82, 2.24) is 0 Å². The molecule has 15 heavy (non-hydrogen) atoms. The van der Waals surface area contributed by atoms with Gasteiger partial charge in [-0.15, -0.1) is 0 Å². The fraction of sp³-hybridized carbons (Fsp3) is 0.417. The number of benzene rings is 1. The van der Waals surface area contributed by atoms with Gasteiger partial charge >= 0.3 is 0 Å². The van der Waals surface area contributed by atoms with E-state index in [1.807, 2.05) is 19.9 Å². The molecule has 3 heteroatoms. The Morgan fingerprint density at radius 2 is 1.73 bits per heavy atom. The third-order valence-electron chi connectivity index (χ3n) is 2.14. The first-order valence-corrected chi connectivity index (χ1v) is 5.15. The zero-order valence-corrected chi connectivity index (χ0v) is 9.31.